The first-order chi connectivity index (χ1) is 12.8. The molecule has 3 aromatic heterocycles. The van der Waals surface area contributed by atoms with Crippen LogP contribution in [-0.2, 0) is 5.75 Å². The number of hydrogen-bond acceptors (Lipinski definition) is 10. The highest BCUT2D eigenvalue weighted by Crippen LogP contribution is 2.35. The molecular formula is C16H10N4O4S2. The van der Waals surface area contributed by atoms with Crippen LogP contribution in [0.15, 0.2) is 49.9 Å². The number of nitrogens with zero attached hydrogens (tertiary/aromatic N) is 4. The van der Waals surface area contributed by atoms with Gasteiger partial charge < -0.3 is 18.4 Å². The average Bonchev–Trinajstić information content (AvgIpc) is 3.47. The van der Waals surface area contributed by atoms with Crippen molar-refractivity contribution in [1.82, 2.24) is 20.3 Å². The van der Waals surface area contributed by atoms with Crippen LogP contribution in [0.2, 0.25) is 0 Å². The predicted octanol–water partition coefficient (Wildman–Crippen LogP) is 3.87. The third-order valence-corrected chi connectivity index (χ3v) is 5.22. The number of aromatic nitrogens is 4. The molecule has 0 radical (unpaired) electrons. The highest BCUT2D eigenvalue weighted by Gasteiger charge is 2.17. The molecule has 0 aliphatic carbocycles. The number of ether oxygens (including phenoxy) is 2. The zero-order chi connectivity index (χ0) is 17.3. The number of rotatable bonds is 5. The molecule has 10 heteroatoms. The summed E-state index contributed by atoms with van der Waals surface area (Å²) in [6, 6.07) is 9.39. The normalized spacial score (nSPS) is 12.6. The maximum atomic E-state index is 5.62. The Balaban J connectivity index is 1.27. The van der Waals surface area contributed by atoms with Crippen LogP contribution in [0.4, 0.5) is 0 Å². The molecule has 4 heterocycles. The van der Waals surface area contributed by atoms with E-state index in [0.717, 1.165) is 10.4 Å². The fourth-order valence-electron chi connectivity index (χ4n) is 2.36. The minimum atomic E-state index is 0.227. The van der Waals surface area contributed by atoms with Crippen LogP contribution in [0, 0.1) is 0 Å². The maximum absolute atomic E-state index is 5.62. The SMILES string of the molecule is c1csc(-c2nnc(SCc3nc(-c4ccc5c(c4)OCO5)no3)o2)c1. The van der Waals surface area contributed by atoms with Gasteiger partial charge in [0.2, 0.25) is 18.5 Å². The summed E-state index contributed by atoms with van der Waals surface area (Å²) in [6.07, 6.45) is 0. The lowest BCUT2D eigenvalue weighted by Gasteiger charge is -1.97. The van der Waals surface area contributed by atoms with Gasteiger partial charge in [0, 0.05) is 5.56 Å². The van der Waals surface area contributed by atoms with Crippen molar-refractivity contribution in [2.24, 2.45) is 0 Å². The summed E-state index contributed by atoms with van der Waals surface area (Å²) in [7, 11) is 0. The van der Waals surface area contributed by atoms with E-state index in [2.05, 4.69) is 20.3 Å². The molecule has 130 valence electrons. The minimum Gasteiger partial charge on any atom is -0.454 e. The molecule has 0 saturated heterocycles. The minimum absolute atomic E-state index is 0.227. The Labute approximate surface area is 155 Å². The molecule has 0 N–H and O–H groups in total. The molecule has 0 fully saturated rings. The van der Waals surface area contributed by atoms with Crippen molar-refractivity contribution < 1.29 is 18.4 Å². The Hall–Kier alpha value is -2.85. The first-order valence-electron chi connectivity index (χ1n) is 7.58. The number of thioether (sulfide) groups is 1. The van der Waals surface area contributed by atoms with Crippen LogP contribution in [-0.4, -0.2) is 27.1 Å². The molecular weight excluding hydrogens is 376 g/mol. The van der Waals surface area contributed by atoms with Crippen LogP contribution in [0.1, 0.15) is 5.89 Å². The second kappa shape index (κ2) is 6.46. The molecule has 0 unspecified atom stereocenters. The first kappa shape index (κ1) is 15.4. The van der Waals surface area contributed by atoms with Gasteiger partial charge in [0.05, 0.1) is 10.6 Å². The van der Waals surface area contributed by atoms with Gasteiger partial charge in [-0.15, -0.1) is 21.5 Å². The highest BCUT2D eigenvalue weighted by atomic mass is 32.2. The summed E-state index contributed by atoms with van der Waals surface area (Å²) in [5, 5.41) is 14.5. The van der Waals surface area contributed by atoms with Crippen LogP contribution >= 0.6 is 23.1 Å². The Morgan fingerprint density at radius 1 is 1.12 bits per heavy atom. The number of fused-ring (bicyclic) bond motifs is 1. The largest absolute Gasteiger partial charge is 0.454 e. The quantitative estimate of drug-likeness (QED) is 0.473. The lowest BCUT2D eigenvalue weighted by molar-refractivity contribution is 0.174. The summed E-state index contributed by atoms with van der Waals surface area (Å²) in [5.74, 6) is 3.29. The average molecular weight is 386 g/mol. The van der Waals surface area contributed by atoms with Gasteiger partial charge in [0.15, 0.2) is 11.5 Å². The smallest absolute Gasteiger partial charge is 0.277 e. The monoisotopic (exact) mass is 386 g/mol. The van der Waals surface area contributed by atoms with Crippen LogP contribution in [0.5, 0.6) is 11.5 Å². The lowest BCUT2D eigenvalue weighted by Crippen LogP contribution is -1.92. The van der Waals surface area contributed by atoms with Gasteiger partial charge in [-0.05, 0) is 29.6 Å². The van der Waals surface area contributed by atoms with Crippen molar-refractivity contribution in [3.63, 3.8) is 0 Å². The molecule has 4 aromatic rings. The number of hydrogen-bond donors (Lipinski definition) is 0. The van der Waals surface area contributed by atoms with Crippen molar-refractivity contribution in [3.8, 4) is 33.7 Å². The van der Waals surface area contributed by atoms with Gasteiger partial charge in [-0.1, -0.05) is 23.0 Å². The molecule has 0 spiro atoms. The Kier molecular flexibility index (Phi) is 3.83. The molecule has 1 aromatic carbocycles. The van der Waals surface area contributed by atoms with Crippen molar-refractivity contribution in [2.45, 2.75) is 11.0 Å². The summed E-state index contributed by atoms with van der Waals surface area (Å²) in [5.41, 5.74) is 0.798. The van der Waals surface area contributed by atoms with Gasteiger partial charge in [0.1, 0.15) is 0 Å². The Bertz CT molecular complexity index is 1040. The third-order valence-electron chi connectivity index (χ3n) is 3.56. The Morgan fingerprint density at radius 3 is 3.00 bits per heavy atom. The Morgan fingerprint density at radius 2 is 2.08 bits per heavy atom. The summed E-state index contributed by atoms with van der Waals surface area (Å²) in [6.45, 7) is 0.227. The van der Waals surface area contributed by atoms with E-state index in [9.17, 15) is 0 Å². The molecule has 0 bridgehead atoms. The van der Waals surface area contributed by atoms with E-state index in [-0.39, 0.29) is 6.79 Å². The first-order valence-corrected chi connectivity index (χ1v) is 9.44. The molecule has 0 saturated carbocycles. The summed E-state index contributed by atoms with van der Waals surface area (Å²) >= 11 is 2.89. The van der Waals surface area contributed by atoms with E-state index in [0.29, 0.717) is 40.1 Å². The van der Waals surface area contributed by atoms with E-state index in [4.69, 9.17) is 18.4 Å². The molecule has 0 atom stereocenters. The topological polar surface area (TPSA) is 96.3 Å². The van der Waals surface area contributed by atoms with Crippen molar-refractivity contribution >= 4 is 23.1 Å². The summed E-state index contributed by atoms with van der Waals surface area (Å²) < 4.78 is 21.6. The van der Waals surface area contributed by atoms with Crippen molar-refractivity contribution in [2.75, 3.05) is 6.79 Å². The van der Waals surface area contributed by atoms with Crippen molar-refractivity contribution in [1.29, 1.82) is 0 Å². The van der Waals surface area contributed by atoms with Crippen molar-refractivity contribution in [3.05, 3.63) is 41.6 Å². The van der Waals surface area contributed by atoms with E-state index in [1.165, 1.54) is 11.8 Å². The van der Waals surface area contributed by atoms with Gasteiger partial charge in [0.25, 0.3) is 11.1 Å². The fraction of sp³-hybridized carbons (Fsp3) is 0.125. The zero-order valence-corrected chi connectivity index (χ0v) is 14.7. The highest BCUT2D eigenvalue weighted by molar-refractivity contribution is 7.98. The maximum Gasteiger partial charge on any atom is 0.277 e. The molecule has 8 nitrogen and oxygen atoms in total. The van der Waals surface area contributed by atoms with Crippen LogP contribution in [0.3, 0.4) is 0 Å². The lowest BCUT2D eigenvalue weighted by atomic mass is 10.2. The summed E-state index contributed by atoms with van der Waals surface area (Å²) in [4.78, 5) is 5.33. The number of thiophene rings is 1. The van der Waals surface area contributed by atoms with Gasteiger partial charge in [-0.25, -0.2) is 0 Å². The van der Waals surface area contributed by atoms with E-state index < -0.39 is 0 Å². The third kappa shape index (κ3) is 2.93. The predicted molar refractivity (Wildman–Crippen MR) is 93.0 cm³/mol. The van der Waals surface area contributed by atoms with Gasteiger partial charge in [-0.3, -0.25) is 0 Å². The standard InChI is InChI=1S/C16H10N4O4S2/c1-2-12(25-5-1)15-18-19-16(23-15)26-7-13-17-14(20-24-13)9-3-4-10-11(6-9)22-8-21-10/h1-6H,7-8H2. The second-order valence-electron chi connectivity index (χ2n) is 5.22. The zero-order valence-electron chi connectivity index (χ0n) is 13.1. The number of benzene rings is 1. The van der Waals surface area contributed by atoms with E-state index in [1.807, 2.05) is 35.7 Å². The van der Waals surface area contributed by atoms with E-state index >= 15 is 0 Å². The molecule has 1 aliphatic rings. The van der Waals surface area contributed by atoms with E-state index in [1.54, 1.807) is 11.3 Å². The molecule has 5 rings (SSSR count). The molecule has 0 amide bonds. The van der Waals surface area contributed by atoms with Crippen LogP contribution < -0.4 is 9.47 Å². The van der Waals surface area contributed by atoms with Gasteiger partial charge >= 0.3 is 0 Å². The molecule has 26 heavy (non-hydrogen) atoms. The fourth-order valence-corrected chi connectivity index (χ4v) is 3.60. The molecule has 1 aliphatic heterocycles. The van der Waals surface area contributed by atoms with Gasteiger partial charge in [-0.2, -0.15) is 4.98 Å². The van der Waals surface area contributed by atoms with Crippen LogP contribution in [0.25, 0.3) is 22.2 Å². The second-order valence-corrected chi connectivity index (χ2v) is 7.09.